The number of ether oxygens (including phenoxy) is 1. The van der Waals surface area contributed by atoms with E-state index in [9.17, 15) is 15.0 Å². The number of aldehydes is 1. The molecule has 27 heavy (non-hydrogen) atoms. The molecule has 0 aromatic heterocycles. The fraction of sp³-hybridized carbons (Fsp3) is 0.136. The standard InChI is InChI=1S/C22H19ClO4/c1-14-20(16-9-5-6-10-19(16)23)18(17(11-24)22(26)21(14)25)13-27-12-15-7-3-2-4-8-15/h2-11,25-26H,12-13H2,1H3. The molecule has 138 valence electrons. The molecule has 5 heteroatoms. The first kappa shape index (κ1) is 19.0. The highest BCUT2D eigenvalue weighted by Crippen LogP contribution is 2.44. The summed E-state index contributed by atoms with van der Waals surface area (Å²) in [4.78, 5) is 11.7. The van der Waals surface area contributed by atoms with Gasteiger partial charge in [-0.15, -0.1) is 0 Å². The average Bonchev–Trinajstić information content (AvgIpc) is 2.68. The average molecular weight is 383 g/mol. The summed E-state index contributed by atoms with van der Waals surface area (Å²) in [6, 6.07) is 16.8. The van der Waals surface area contributed by atoms with Crippen molar-refractivity contribution in [3.63, 3.8) is 0 Å². The third kappa shape index (κ3) is 3.82. The van der Waals surface area contributed by atoms with Crippen molar-refractivity contribution in [1.29, 1.82) is 0 Å². The lowest BCUT2D eigenvalue weighted by Gasteiger charge is -2.19. The number of halogens is 1. The molecule has 0 spiro atoms. The van der Waals surface area contributed by atoms with E-state index in [2.05, 4.69) is 0 Å². The van der Waals surface area contributed by atoms with Crippen LogP contribution in [0.25, 0.3) is 11.1 Å². The van der Waals surface area contributed by atoms with Gasteiger partial charge in [-0.05, 0) is 24.1 Å². The molecule has 0 aliphatic carbocycles. The fourth-order valence-corrected chi connectivity index (χ4v) is 3.31. The van der Waals surface area contributed by atoms with Crippen LogP contribution in [0.4, 0.5) is 0 Å². The Hall–Kier alpha value is -2.82. The first-order valence-electron chi connectivity index (χ1n) is 8.43. The molecule has 0 saturated carbocycles. The van der Waals surface area contributed by atoms with Crippen molar-refractivity contribution < 1.29 is 19.7 Å². The fourth-order valence-electron chi connectivity index (χ4n) is 3.08. The van der Waals surface area contributed by atoms with Gasteiger partial charge in [0.1, 0.15) is 0 Å². The number of rotatable bonds is 6. The number of aromatic hydroxyl groups is 2. The van der Waals surface area contributed by atoms with E-state index in [1.165, 1.54) is 0 Å². The van der Waals surface area contributed by atoms with Gasteiger partial charge >= 0.3 is 0 Å². The summed E-state index contributed by atoms with van der Waals surface area (Å²) in [5, 5.41) is 21.0. The third-order valence-electron chi connectivity index (χ3n) is 4.46. The number of hydrogen-bond donors (Lipinski definition) is 2. The van der Waals surface area contributed by atoms with Gasteiger partial charge in [0.05, 0.1) is 18.8 Å². The maximum atomic E-state index is 11.7. The molecule has 3 aromatic carbocycles. The summed E-state index contributed by atoms with van der Waals surface area (Å²) in [6.07, 6.45) is 0.524. The number of benzene rings is 3. The molecule has 3 aromatic rings. The third-order valence-corrected chi connectivity index (χ3v) is 4.79. The second-order valence-corrected chi connectivity index (χ2v) is 6.57. The van der Waals surface area contributed by atoms with Crippen molar-refractivity contribution in [2.45, 2.75) is 20.1 Å². The minimum absolute atomic E-state index is 0.00100. The SMILES string of the molecule is Cc1c(O)c(O)c(C=O)c(COCc2ccccc2)c1-c1ccccc1Cl. The van der Waals surface area contributed by atoms with Crippen LogP contribution in [0.15, 0.2) is 54.6 Å². The summed E-state index contributed by atoms with van der Waals surface area (Å²) < 4.78 is 5.81. The molecule has 0 atom stereocenters. The van der Waals surface area contributed by atoms with Gasteiger partial charge in [-0.25, -0.2) is 0 Å². The van der Waals surface area contributed by atoms with Crippen LogP contribution in [0.3, 0.4) is 0 Å². The molecule has 0 amide bonds. The zero-order chi connectivity index (χ0) is 19.4. The van der Waals surface area contributed by atoms with Crippen LogP contribution in [-0.4, -0.2) is 16.5 Å². The van der Waals surface area contributed by atoms with E-state index in [-0.39, 0.29) is 17.9 Å². The van der Waals surface area contributed by atoms with Gasteiger partial charge < -0.3 is 14.9 Å². The highest BCUT2D eigenvalue weighted by Gasteiger charge is 2.23. The number of phenols is 2. The van der Waals surface area contributed by atoms with E-state index in [1.54, 1.807) is 25.1 Å². The Morgan fingerprint density at radius 3 is 2.30 bits per heavy atom. The van der Waals surface area contributed by atoms with Crippen molar-refractivity contribution in [2.24, 2.45) is 0 Å². The Morgan fingerprint density at radius 2 is 1.63 bits per heavy atom. The number of carbonyl (C=O) groups is 1. The minimum Gasteiger partial charge on any atom is -0.504 e. The van der Waals surface area contributed by atoms with E-state index in [1.807, 2.05) is 36.4 Å². The van der Waals surface area contributed by atoms with E-state index >= 15 is 0 Å². The summed E-state index contributed by atoms with van der Waals surface area (Å²) in [6.45, 7) is 2.10. The van der Waals surface area contributed by atoms with Gasteiger partial charge in [0, 0.05) is 21.7 Å². The summed E-state index contributed by atoms with van der Waals surface area (Å²) in [5.74, 6) is -0.782. The number of phenolic OH excluding ortho intramolecular Hbond substituents is 2. The molecule has 0 aliphatic heterocycles. The van der Waals surface area contributed by atoms with Gasteiger partial charge in [-0.3, -0.25) is 4.79 Å². The van der Waals surface area contributed by atoms with E-state index in [4.69, 9.17) is 16.3 Å². The van der Waals surface area contributed by atoms with Crippen molar-refractivity contribution in [3.8, 4) is 22.6 Å². The largest absolute Gasteiger partial charge is 0.504 e. The molecule has 2 N–H and O–H groups in total. The van der Waals surface area contributed by atoms with Gasteiger partial charge in [-0.1, -0.05) is 60.1 Å². The number of carbonyl (C=O) groups excluding carboxylic acids is 1. The second-order valence-electron chi connectivity index (χ2n) is 6.17. The second kappa shape index (κ2) is 8.25. The molecule has 0 heterocycles. The zero-order valence-corrected chi connectivity index (χ0v) is 15.5. The molecular formula is C22H19ClO4. The molecule has 0 saturated heterocycles. The van der Waals surface area contributed by atoms with E-state index < -0.39 is 5.75 Å². The van der Waals surface area contributed by atoms with Crippen molar-refractivity contribution in [3.05, 3.63) is 81.9 Å². The van der Waals surface area contributed by atoms with Crippen molar-refractivity contribution >= 4 is 17.9 Å². The lowest BCUT2D eigenvalue weighted by molar-refractivity contribution is 0.103. The Morgan fingerprint density at radius 1 is 0.963 bits per heavy atom. The van der Waals surface area contributed by atoms with E-state index in [0.717, 1.165) is 5.56 Å². The molecule has 3 rings (SSSR count). The lowest BCUT2D eigenvalue weighted by Crippen LogP contribution is -2.04. The highest BCUT2D eigenvalue weighted by molar-refractivity contribution is 6.33. The predicted octanol–water partition coefficient (Wildman–Crippen LogP) is 5.26. The molecular weight excluding hydrogens is 364 g/mol. The normalized spacial score (nSPS) is 10.7. The molecule has 0 bridgehead atoms. The maximum absolute atomic E-state index is 11.7. The topological polar surface area (TPSA) is 66.8 Å². The molecule has 4 nitrogen and oxygen atoms in total. The van der Waals surface area contributed by atoms with Crippen LogP contribution in [0.5, 0.6) is 11.5 Å². The van der Waals surface area contributed by atoms with Gasteiger partial charge in [0.2, 0.25) is 0 Å². The Bertz CT molecular complexity index is 968. The first-order valence-corrected chi connectivity index (χ1v) is 8.81. The van der Waals surface area contributed by atoms with Gasteiger partial charge in [-0.2, -0.15) is 0 Å². The van der Waals surface area contributed by atoms with Crippen LogP contribution < -0.4 is 0 Å². The molecule has 0 fully saturated rings. The van der Waals surface area contributed by atoms with Gasteiger partial charge in [0.15, 0.2) is 17.8 Å². The first-order chi connectivity index (χ1) is 13.0. The van der Waals surface area contributed by atoms with Crippen LogP contribution in [-0.2, 0) is 18.0 Å². The van der Waals surface area contributed by atoms with Crippen LogP contribution in [0.1, 0.15) is 27.0 Å². The van der Waals surface area contributed by atoms with Crippen LogP contribution >= 0.6 is 11.6 Å². The lowest BCUT2D eigenvalue weighted by atomic mass is 9.90. The summed E-state index contributed by atoms with van der Waals surface area (Å²) in [7, 11) is 0. The molecule has 0 aliphatic rings. The summed E-state index contributed by atoms with van der Waals surface area (Å²) in [5.41, 5.74) is 3.16. The van der Waals surface area contributed by atoms with Crippen LogP contribution in [0.2, 0.25) is 5.02 Å². The highest BCUT2D eigenvalue weighted by atomic mass is 35.5. The number of hydrogen-bond acceptors (Lipinski definition) is 4. The maximum Gasteiger partial charge on any atom is 0.168 e. The Balaban J connectivity index is 2.07. The van der Waals surface area contributed by atoms with Crippen molar-refractivity contribution in [1.82, 2.24) is 0 Å². The smallest absolute Gasteiger partial charge is 0.168 e. The van der Waals surface area contributed by atoms with Crippen LogP contribution in [0, 0.1) is 6.92 Å². The zero-order valence-electron chi connectivity index (χ0n) is 14.8. The Kier molecular flexibility index (Phi) is 5.79. The molecule has 0 radical (unpaired) electrons. The minimum atomic E-state index is -0.448. The van der Waals surface area contributed by atoms with Gasteiger partial charge in [0.25, 0.3) is 0 Å². The quantitative estimate of drug-likeness (QED) is 0.451. The summed E-state index contributed by atoms with van der Waals surface area (Å²) >= 11 is 6.35. The Labute approximate surface area is 162 Å². The van der Waals surface area contributed by atoms with Crippen molar-refractivity contribution in [2.75, 3.05) is 0 Å². The predicted molar refractivity (Wildman–Crippen MR) is 105 cm³/mol. The molecule has 0 unspecified atom stereocenters. The monoisotopic (exact) mass is 382 g/mol. The van der Waals surface area contributed by atoms with E-state index in [0.29, 0.717) is 40.2 Å².